The molecule has 0 aromatic heterocycles. The lowest BCUT2D eigenvalue weighted by Gasteiger charge is -2.17. The van der Waals surface area contributed by atoms with Crippen LogP contribution in [0.4, 0.5) is 0 Å². The highest BCUT2D eigenvalue weighted by Crippen LogP contribution is 2.16. The summed E-state index contributed by atoms with van der Waals surface area (Å²) in [7, 11) is 0. The molecule has 0 radical (unpaired) electrons. The normalized spacial score (nSPS) is 10.6. The van der Waals surface area contributed by atoms with Crippen LogP contribution in [0, 0.1) is 6.92 Å². The van der Waals surface area contributed by atoms with Gasteiger partial charge in [-0.15, -0.1) is 12.4 Å². The molecule has 0 aliphatic rings. The highest BCUT2D eigenvalue weighted by Gasteiger charge is 2.20. The summed E-state index contributed by atoms with van der Waals surface area (Å²) in [5.74, 6) is -0.167. The van der Waals surface area contributed by atoms with Gasteiger partial charge < -0.3 is 11.1 Å². The first-order valence-electron chi connectivity index (χ1n) is 5.13. The van der Waals surface area contributed by atoms with Crippen LogP contribution in [0.5, 0.6) is 0 Å². The zero-order chi connectivity index (χ0) is 12.3. The van der Waals surface area contributed by atoms with E-state index in [9.17, 15) is 4.79 Å². The summed E-state index contributed by atoms with van der Waals surface area (Å²) < 4.78 is 0. The molecule has 0 aliphatic carbocycles. The van der Waals surface area contributed by atoms with Crippen molar-refractivity contribution in [3.63, 3.8) is 0 Å². The fourth-order valence-corrected chi connectivity index (χ4v) is 1.34. The highest BCUT2D eigenvalue weighted by atomic mass is 35.5. The summed E-state index contributed by atoms with van der Waals surface area (Å²) in [4.78, 5) is 11.5. The minimum absolute atomic E-state index is 0. The number of nitrogens with two attached hydrogens (primary N) is 1. The molecular weight excluding hydrogens is 259 g/mol. The van der Waals surface area contributed by atoms with Crippen LogP contribution in [0.1, 0.15) is 25.0 Å². The van der Waals surface area contributed by atoms with Gasteiger partial charge >= 0.3 is 0 Å². The topological polar surface area (TPSA) is 55.1 Å². The number of rotatable bonds is 3. The number of amides is 1. The summed E-state index contributed by atoms with van der Waals surface area (Å²) >= 11 is 5.91. The van der Waals surface area contributed by atoms with E-state index >= 15 is 0 Å². The molecule has 0 saturated carbocycles. The Morgan fingerprint density at radius 3 is 2.53 bits per heavy atom. The van der Waals surface area contributed by atoms with E-state index in [4.69, 9.17) is 17.3 Å². The number of hydrogen-bond acceptors (Lipinski definition) is 2. The van der Waals surface area contributed by atoms with Crippen molar-refractivity contribution >= 4 is 29.9 Å². The van der Waals surface area contributed by atoms with E-state index in [0.717, 1.165) is 16.1 Å². The Morgan fingerprint density at radius 2 is 2.06 bits per heavy atom. The van der Waals surface area contributed by atoms with Crippen molar-refractivity contribution < 1.29 is 4.79 Å². The molecule has 17 heavy (non-hydrogen) atoms. The minimum Gasteiger partial charge on any atom is -0.350 e. The zero-order valence-electron chi connectivity index (χ0n) is 10.2. The van der Waals surface area contributed by atoms with Crippen LogP contribution in [0.15, 0.2) is 18.2 Å². The second kappa shape index (κ2) is 6.24. The summed E-state index contributed by atoms with van der Waals surface area (Å²) in [6, 6.07) is 5.66. The molecule has 0 bridgehead atoms. The molecule has 0 spiro atoms. The van der Waals surface area contributed by atoms with Gasteiger partial charge in [-0.25, -0.2) is 0 Å². The monoisotopic (exact) mass is 276 g/mol. The molecule has 1 amide bonds. The smallest absolute Gasteiger partial charge is 0.239 e. The Balaban J connectivity index is 0.00000256. The largest absolute Gasteiger partial charge is 0.350 e. The third kappa shape index (κ3) is 4.94. The molecule has 3 N–H and O–H groups in total. The van der Waals surface area contributed by atoms with Gasteiger partial charge in [0.2, 0.25) is 5.91 Å². The van der Waals surface area contributed by atoms with Crippen LogP contribution in [0.2, 0.25) is 5.02 Å². The van der Waals surface area contributed by atoms with E-state index in [1.54, 1.807) is 13.8 Å². The van der Waals surface area contributed by atoms with E-state index in [2.05, 4.69) is 5.32 Å². The van der Waals surface area contributed by atoms with E-state index < -0.39 is 5.54 Å². The first kappa shape index (κ1) is 16.2. The fourth-order valence-electron chi connectivity index (χ4n) is 1.23. The Hall–Kier alpha value is -0.770. The van der Waals surface area contributed by atoms with Gasteiger partial charge in [-0.3, -0.25) is 4.79 Å². The van der Waals surface area contributed by atoms with Gasteiger partial charge in [0, 0.05) is 11.6 Å². The lowest BCUT2D eigenvalue weighted by atomic mass is 10.1. The number of carbonyl (C=O) groups is 1. The molecule has 3 nitrogen and oxygen atoms in total. The molecule has 0 heterocycles. The van der Waals surface area contributed by atoms with Gasteiger partial charge in [-0.05, 0) is 38.0 Å². The van der Waals surface area contributed by atoms with Gasteiger partial charge in [0.1, 0.15) is 0 Å². The molecule has 0 saturated heterocycles. The predicted molar refractivity (Wildman–Crippen MR) is 73.6 cm³/mol. The van der Waals surface area contributed by atoms with E-state index in [-0.39, 0.29) is 18.3 Å². The Labute approximate surface area is 113 Å². The third-order valence-corrected chi connectivity index (χ3v) is 2.68. The molecule has 0 aliphatic heterocycles. The van der Waals surface area contributed by atoms with Crippen LogP contribution in [0.25, 0.3) is 0 Å². The molecule has 0 fully saturated rings. The molecule has 5 heteroatoms. The van der Waals surface area contributed by atoms with Crippen molar-refractivity contribution in [3.05, 3.63) is 34.3 Å². The lowest BCUT2D eigenvalue weighted by molar-refractivity contribution is -0.125. The first-order chi connectivity index (χ1) is 7.30. The molecular formula is C12H18Cl2N2O. The maximum atomic E-state index is 11.5. The standard InChI is InChI=1S/C12H17ClN2O.ClH/c1-8-6-9(4-5-10(8)13)7-15-11(16)12(2,3)14;/h4-6H,7,14H2,1-3H3,(H,15,16);1H. The van der Waals surface area contributed by atoms with Gasteiger partial charge in [-0.2, -0.15) is 0 Å². The maximum Gasteiger partial charge on any atom is 0.239 e. The summed E-state index contributed by atoms with van der Waals surface area (Å²) in [6.45, 7) is 5.75. The quantitative estimate of drug-likeness (QED) is 0.891. The zero-order valence-corrected chi connectivity index (χ0v) is 11.8. The predicted octanol–water partition coefficient (Wildman–Crippen LogP) is 2.42. The van der Waals surface area contributed by atoms with Gasteiger partial charge in [0.15, 0.2) is 0 Å². The van der Waals surface area contributed by atoms with Crippen LogP contribution >= 0.6 is 24.0 Å². The van der Waals surface area contributed by atoms with Gasteiger partial charge in [-0.1, -0.05) is 23.7 Å². The average Bonchev–Trinajstić information content (AvgIpc) is 2.18. The molecule has 0 unspecified atom stereocenters. The second-order valence-corrected chi connectivity index (χ2v) is 4.90. The SMILES string of the molecule is Cc1cc(CNC(=O)C(C)(C)N)ccc1Cl.Cl. The minimum atomic E-state index is -0.846. The van der Waals surface area contributed by atoms with Crippen molar-refractivity contribution in [2.45, 2.75) is 32.9 Å². The first-order valence-corrected chi connectivity index (χ1v) is 5.50. The lowest BCUT2D eigenvalue weighted by Crippen LogP contribution is -2.48. The molecule has 1 rings (SSSR count). The van der Waals surface area contributed by atoms with Crippen molar-refractivity contribution in [1.29, 1.82) is 0 Å². The third-order valence-electron chi connectivity index (χ3n) is 2.26. The highest BCUT2D eigenvalue weighted by molar-refractivity contribution is 6.31. The van der Waals surface area contributed by atoms with Gasteiger partial charge in [0.25, 0.3) is 0 Å². The molecule has 0 atom stereocenters. The van der Waals surface area contributed by atoms with E-state index in [0.29, 0.717) is 6.54 Å². The van der Waals surface area contributed by atoms with Crippen molar-refractivity contribution in [2.24, 2.45) is 5.73 Å². The summed E-state index contributed by atoms with van der Waals surface area (Å²) in [5, 5.41) is 3.51. The summed E-state index contributed by atoms with van der Waals surface area (Å²) in [5.41, 5.74) is 6.83. The van der Waals surface area contributed by atoms with Crippen molar-refractivity contribution in [3.8, 4) is 0 Å². The molecule has 96 valence electrons. The Bertz CT molecular complexity index is 400. The van der Waals surface area contributed by atoms with Crippen LogP contribution in [-0.4, -0.2) is 11.4 Å². The van der Waals surface area contributed by atoms with Gasteiger partial charge in [0.05, 0.1) is 5.54 Å². The number of benzene rings is 1. The number of nitrogens with one attached hydrogen (secondary N) is 1. The van der Waals surface area contributed by atoms with E-state index in [1.165, 1.54) is 0 Å². The fraction of sp³-hybridized carbons (Fsp3) is 0.417. The molecule has 1 aromatic rings. The Kier molecular flexibility index (Phi) is 5.96. The Morgan fingerprint density at radius 1 is 1.47 bits per heavy atom. The number of carbonyl (C=O) groups excluding carboxylic acids is 1. The second-order valence-electron chi connectivity index (χ2n) is 4.49. The average molecular weight is 277 g/mol. The van der Waals surface area contributed by atoms with Crippen molar-refractivity contribution in [2.75, 3.05) is 0 Å². The van der Waals surface area contributed by atoms with Crippen LogP contribution in [-0.2, 0) is 11.3 Å². The van der Waals surface area contributed by atoms with E-state index in [1.807, 2.05) is 25.1 Å². The van der Waals surface area contributed by atoms with Crippen molar-refractivity contribution in [1.82, 2.24) is 5.32 Å². The number of halogens is 2. The number of hydrogen-bond donors (Lipinski definition) is 2. The van der Waals surface area contributed by atoms with Crippen LogP contribution in [0.3, 0.4) is 0 Å². The maximum absolute atomic E-state index is 11.5. The number of aryl methyl sites for hydroxylation is 1. The summed E-state index contributed by atoms with van der Waals surface area (Å²) in [6.07, 6.45) is 0. The molecule has 1 aromatic carbocycles. The van der Waals surface area contributed by atoms with Crippen LogP contribution < -0.4 is 11.1 Å².